The third-order valence-corrected chi connectivity index (χ3v) is 3.99. The first-order valence-corrected chi connectivity index (χ1v) is 8.11. The molecule has 1 unspecified atom stereocenters. The number of hydrogen-bond donors (Lipinski definition) is 2. The Bertz CT molecular complexity index is 700. The Morgan fingerprint density at radius 3 is 2.00 bits per heavy atom. The highest BCUT2D eigenvalue weighted by atomic mass is 35.5. The smallest absolute Gasteiger partial charge is 0.354 e. The van der Waals surface area contributed by atoms with Crippen LogP contribution in [0.1, 0.15) is 24.5 Å². The summed E-state index contributed by atoms with van der Waals surface area (Å²) in [4.78, 5) is 11.6. The van der Waals surface area contributed by atoms with Crippen molar-refractivity contribution in [3.05, 3.63) is 59.7 Å². The van der Waals surface area contributed by atoms with E-state index in [0.717, 1.165) is 28.8 Å². The number of carbonyl (C=O) groups excluding carboxylic acids is 1. The van der Waals surface area contributed by atoms with Crippen molar-refractivity contribution in [3.8, 4) is 11.1 Å². The molecular weight excluding hydrogens is 365 g/mol. The number of benzene rings is 2. The lowest BCUT2D eigenvalue weighted by molar-refractivity contribution is -0.137. The van der Waals surface area contributed by atoms with Crippen LogP contribution in [0.25, 0.3) is 11.1 Å². The number of carbonyl (C=O) groups is 1. The maximum absolute atomic E-state index is 12.6. The summed E-state index contributed by atoms with van der Waals surface area (Å²) in [6.45, 7) is 2.34. The van der Waals surface area contributed by atoms with Gasteiger partial charge in [0.2, 0.25) is 5.91 Å². The molecule has 0 aliphatic carbocycles. The van der Waals surface area contributed by atoms with Crippen molar-refractivity contribution in [1.82, 2.24) is 5.32 Å². The van der Waals surface area contributed by atoms with E-state index in [-0.39, 0.29) is 18.3 Å². The standard InChI is InChI=1S/C19H21F3N2O.ClH/c1-2-17(23)18(25)24-12-11-13-3-5-14(6-4-13)15-7-9-16(10-8-15)19(20,21)22;/h3-10,17H,2,11-12,23H2,1H3,(H,24,25);1H. The van der Waals surface area contributed by atoms with E-state index in [0.29, 0.717) is 19.4 Å². The number of alkyl halides is 3. The van der Waals surface area contributed by atoms with Gasteiger partial charge in [-0.1, -0.05) is 43.3 Å². The molecular formula is C19H22ClF3N2O. The summed E-state index contributed by atoms with van der Waals surface area (Å²) in [6.07, 6.45) is -3.07. The van der Waals surface area contributed by atoms with Crippen molar-refractivity contribution >= 4 is 18.3 Å². The normalized spacial score (nSPS) is 12.2. The highest BCUT2D eigenvalue weighted by molar-refractivity contribution is 5.85. The molecule has 0 saturated carbocycles. The minimum Gasteiger partial charge on any atom is -0.354 e. The van der Waals surface area contributed by atoms with Crippen molar-refractivity contribution in [2.24, 2.45) is 5.73 Å². The van der Waals surface area contributed by atoms with Gasteiger partial charge in [0.15, 0.2) is 0 Å². The van der Waals surface area contributed by atoms with Gasteiger partial charge in [-0.05, 0) is 41.7 Å². The highest BCUT2D eigenvalue weighted by Crippen LogP contribution is 2.31. The Morgan fingerprint density at radius 1 is 1.04 bits per heavy atom. The Hall–Kier alpha value is -2.05. The zero-order valence-corrected chi connectivity index (χ0v) is 15.2. The summed E-state index contributed by atoms with van der Waals surface area (Å²) in [6, 6.07) is 12.1. The number of amides is 1. The summed E-state index contributed by atoms with van der Waals surface area (Å²) in [5.41, 5.74) is 7.57. The van der Waals surface area contributed by atoms with Crippen molar-refractivity contribution in [3.63, 3.8) is 0 Å². The topological polar surface area (TPSA) is 55.1 Å². The van der Waals surface area contributed by atoms with Crippen molar-refractivity contribution in [2.45, 2.75) is 32.0 Å². The Balaban J connectivity index is 0.00000338. The molecule has 0 aliphatic heterocycles. The number of nitrogens with one attached hydrogen (secondary N) is 1. The molecule has 0 radical (unpaired) electrons. The highest BCUT2D eigenvalue weighted by Gasteiger charge is 2.29. The van der Waals surface area contributed by atoms with Gasteiger partial charge in [0.05, 0.1) is 11.6 Å². The molecule has 0 aromatic heterocycles. The maximum Gasteiger partial charge on any atom is 0.416 e. The third kappa shape index (κ3) is 6.04. The number of nitrogens with two attached hydrogens (primary N) is 1. The van der Waals surface area contributed by atoms with Crippen LogP contribution in [0.5, 0.6) is 0 Å². The predicted molar refractivity (Wildman–Crippen MR) is 99.1 cm³/mol. The fraction of sp³-hybridized carbons (Fsp3) is 0.316. The van der Waals surface area contributed by atoms with Gasteiger partial charge >= 0.3 is 6.18 Å². The molecule has 0 saturated heterocycles. The van der Waals surface area contributed by atoms with Gasteiger partial charge in [0.1, 0.15) is 0 Å². The van der Waals surface area contributed by atoms with E-state index in [1.165, 1.54) is 12.1 Å². The molecule has 1 atom stereocenters. The Kier molecular flexibility index (Phi) is 8.11. The van der Waals surface area contributed by atoms with Crippen LogP contribution >= 0.6 is 12.4 Å². The van der Waals surface area contributed by atoms with Crippen LogP contribution in [0.3, 0.4) is 0 Å². The summed E-state index contributed by atoms with van der Waals surface area (Å²) < 4.78 is 37.8. The SMILES string of the molecule is CCC(N)C(=O)NCCc1ccc(-c2ccc(C(F)(F)F)cc2)cc1.Cl. The minimum atomic E-state index is -4.33. The quantitative estimate of drug-likeness (QED) is 0.782. The predicted octanol–water partition coefficient (Wildman–Crippen LogP) is 4.19. The maximum atomic E-state index is 12.6. The Labute approximate surface area is 157 Å². The molecule has 0 spiro atoms. The summed E-state index contributed by atoms with van der Waals surface area (Å²) in [7, 11) is 0. The van der Waals surface area contributed by atoms with Crippen molar-refractivity contribution in [2.75, 3.05) is 6.54 Å². The lowest BCUT2D eigenvalue weighted by Crippen LogP contribution is -2.40. The monoisotopic (exact) mass is 386 g/mol. The average molecular weight is 387 g/mol. The molecule has 0 aliphatic rings. The van der Waals surface area contributed by atoms with Crippen molar-refractivity contribution in [1.29, 1.82) is 0 Å². The van der Waals surface area contributed by atoms with E-state index in [4.69, 9.17) is 5.73 Å². The van der Waals surface area contributed by atoms with Crippen LogP contribution in [0.15, 0.2) is 48.5 Å². The molecule has 2 aromatic rings. The first kappa shape index (κ1) is 22.0. The van der Waals surface area contributed by atoms with Crippen LogP contribution < -0.4 is 11.1 Å². The zero-order chi connectivity index (χ0) is 18.4. The molecule has 0 bridgehead atoms. The van der Waals surface area contributed by atoms with E-state index < -0.39 is 17.8 Å². The molecule has 1 amide bonds. The Morgan fingerprint density at radius 2 is 1.54 bits per heavy atom. The lowest BCUT2D eigenvalue weighted by Gasteiger charge is -2.10. The lowest BCUT2D eigenvalue weighted by atomic mass is 10.0. The van der Waals surface area contributed by atoms with Gasteiger partial charge in [-0.15, -0.1) is 12.4 Å². The second-order valence-electron chi connectivity index (χ2n) is 5.83. The molecule has 2 rings (SSSR count). The van der Waals surface area contributed by atoms with Gasteiger partial charge < -0.3 is 11.1 Å². The molecule has 0 fully saturated rings. The number of rotatable bonds is 6. The van der Waals surface area contributed by atoms with E-state index in [2.05, 4.69) is 5.32 Å². The number of hydrogen-bond acceptors (Lipinski definition) is 2. The summed E-state index contributed by atoms with van der Waals surface area (Å²) in [5.74, 6) is -0.163. The van der Waals surface area contributed by atoms with Crippen LogP contribution in [0, 0.1) is 0 Å². The zero-order valence-electron chi connectivity index (χ0n) is 14.3. The molecule has 2 aromatic carbocycles. The first-order chi connectivity index (χ1) is 11.8. The summed E-state index contributed by atoms with van der Waals surface area (Å²) >= 11 is 0. The minimum absolute atomic E-state index is 0. The fourth-order valence-electron chi connectivity index (χ4n) is 2.36. The molecule has 26 heavy (non-hydrogen) atoms. The average Bonchev–Trinajstić information content (AvgIpc) is 2.61. The van der Waals surface area contributed by atoms with Crippen LogP contribution in [-0.4, -0.2) is 18.5 Å². The largest absolute Gasteiger partial charge is 0.416 e. The first-order valence-electron chi connectivity index (χ1n) is 8.11. The summed E-state index contributed by atoms with van der Waals surface area (Å²) in [5, 5.41) is 2.78. The van der Waals surface area contributed by atoms with Crippen LogP contribution in [-0.2, 0) is 17.4 Å². The molecule has 0 heterocycles. The molecule has 3 N–H and O–H groups in total. The van der Waals surface area contributed by atoms with Gasteiger partial charge in [0, 0.05) is 6.54 Å². The van der Waals surface area contributed by atoms with E-state index >= 15 is 0 Å². The molecule has 7 heteroatoms. The van der Waals surface area contributed by atoms with Gasteiger partial charge in [-0.25, -0.2) is 0 Å². The fourth-order valence-corrected chi connectivity index (χ4v) is 2.36. The van der Waals surface area contributed by atoms with Crippen molar-refractivity contribution < 1.29 is 18.0 Å². The van der Waals surface area contributed by atoms with Crippen LogP contribution in [0.2, 0.25) is 0 Å². The van der Waals surface area contributed by atoms with E-state index in [1.807, 2.05) is 31.2 Å². The second-order valence-corrected chi connectivity index (χ2v) is 5.83. The van der Waals surface area contributed by atoms with E-state index in [9.17, 15) is 18.0 Å². The number of halogens is 4. The molecule has 142 valence electrons. The van der Waals surface area contributed by atoms with E-state index in [1.54, 1.807) is 0 Å². The second kappa shape index (κ2) is 9.59. The third-order valence-electron chi connectivity index (χ3n) is 3.99. The van der Waals surface area contributed by atoms with Gasteiger partial charge in [0.25, 0.3) is 0 Å². The van der Waals surface area contributed by atoms with Crippen LogP contribution in [0.4, 0.5) is 13.2 Å². The van der Waals surface area contributed by atoms with Gasteiger partial charge in [-0.2, -0.15) is 13.2 Å². The van der Waals surface area contributed by atoms with Gasteiger partial charge in [-0.3, -0.25) is 4.79 Å². The molecule has 3 nitrogen and oxygen atoms in total.